The molecule has 0 aliphatic carbocycles. The summed E-state index contributed by atoms with van der Waals surface area (Å²) in [6.07, 6.45) is 0. The second-order valence-electron chi connectivity index (χ2n) is 5.54. The molecule has 24 heavy (non-hydrogen) atoms. The standard InChI is InChI=1S/C19H15NO3S/c1-14-2-8-19(9-3-14)24(21,22)23-13-16-5-7-17-6-4-15(12-20)10-18(17)11-16/h2-11H,13H2,1H3. The number of nitrogens with zero attached hydrogens (tertiary/aromatic N) is 1. The van der Waals surface area contributed by atoms with Crippen molar-refractivity contribution in [2.45, 2.75) is 18.4 Å². The first-order chi connectivity index (χ1) is 11.5. The molecule has 0 aliphatic heterocycles. The van der Waals surface area contributed by atoms with E-state index in [4.69, 9.17) is 9.44 Å². The van der Waals surface area contributed by atoms with Gasteiger partial charge in [-0.05, 0) is 53.6 Å². The smallest absolute Gasteiger partial charge is 0.262 e. The van der Waals surface area contributed by atoms with Crippen LogP contribution in [0.5, 0.6) is 0 Å². The maximum Gasteiger partial charge on any atom is 0.297 e. The lowest BCUT2D eigenvalue weighted by Crippen LogP contribution is -2.06. The predicted molar refractivity (Wildman–Crippen MR) is 91.8 cm³/mol. The van der Waals surface area contributed by atoms with E-state index in [9.17, 15) is 8.42 Å². The van der Waals surface area contributed by atoms with Gasteiger partial charge in [0.05, 0.1) is 23.1 Å². The van der Waals surface area contributed by atoms with E-state index in [1.807, 2.05) is 31.2 Å². The number of aryl methyl sites for hydroxylation is 1. The summed E-state index contributed by atoms with van der Waals surface area (Å²) in [4.78, 5) is 0.139. The monoisotopic (exact) mass is 337 g/mol. The Morgan fingerprint density at radius 1 is 0.958 bits per heavy atom. The molecule has 0 amide bonds. The molecule has 0 aromatic heterocycles. The van der Waals surface area contributed by atoms with Crippen LogP contribution in [0.1, 0.15) is 16.7 Å². The molecule has 0 atom stereocenters. The summed E-state index contributed by atoms with van der Waals surface area (Å²) in [5, 5.41) is 10.8. The minimum Gasteiger partial charge on any atom is -0.262 e. The molecule has 0 fully saturated rings. The molecule has 120 valence electrons. The maximum atomic E-state index is 12.2. The van der Waals surface area contributed by atoms with Crippen LogP contribution >= 0.6 is 0 Å². The lowest BCUT2D eigenvalue weighted by atomic mass is 10.1. The minimum absolute atomic E-state index is 0.0526. The van der Waals surface area contributed by atoms with Gasteiger partial charge in [0.1, 0.15) is 0 Å². The lowest BCUT2D eigenvalue weighted by Gasteiger charge is -2.07. The fraction of sp³-hybridized carbons (Fsp3) is 0.105. The van der Waals surface area contributed by atoms with Crippen molar-refractivity contribution in [1.29, 1.82) is 5.26 Å². The number of nitriles is 1. The molecule has 3 aromatic carbocycles. The van der Waals surface area contributed by atoms with Crippen LogP contribution in [0, 0.1) is 18.3 Å². The van der Waals surface area contributed by atoms with Crippen LogP contribution in [0.25, 0.3) is 10.8 Å². The van der Waals surface area contributed by atoms with E-state index in [2.05, 4.69) is 6.07 Å². The quantitative estimate of drug-likeness (QED) is 0.677. The van der Waals surface area contributed by atoms with Crippen LogP contribution in [0.3, 0.4) is 0 Å². The van der Waals surface area contributed by atoms with Gasteiger partial charge >= 0.3 is 0 Å². The number of benzene rings is 3. The summed E-state index contributed by atoms with van der Waals surface area (Å²) in [6.45, 7) is 1.84. The third-order valence-electron chi connectivity index (χ3n) is 3.72. The summed E-state index contributed by atoms with van der Waals surface area (Å²) >= 11 is 0. The van der Waals surface area contributed by atoms with Crippen molar-refractivity contribution >= 4 is 20.9 Å². The Morgan fingerprint density at radius 2 is 1.67 bits per heavy atom. The lowest BCUT2D eigenvalue weighted by molar-refractivity contribution is 0.308. The van der Waals surface area contributed by atoms with Crippen molar-refractivity contribution < 1.29 is 12.6 Å². The van der Waals surface area contributed by atoms with E-state index in [1.54, 1.807) is 24.3 Å². The van der Waals surface area contributed by atoms with Crippen molar-refractivity contribution in [3.05, 3.63) is 77.4 Å². The van der Waals surface area contributed by atoms with Gasteiger partial charge in [0.15, 0.2) is 0 Å². The van der Waals surface area contributed by atoms with Crippen molar-refractivity contribution in [1.82, 2.24) is 0 Å². The second-order valence-corrected chi connectivity index (χ2v) is 7.15. The molecule has 3 rings (SSSR count). The zero-order valence-electron chi connectivity index (χ0n) is 13.1. The van der Waals surface area contributed by atoms with Crippen molar-refractivity contribution in [3.8, 4) is 6.07 Å². The normalized spacial score (nSPS) is 11.3. The first kappa shape index (κ1) is 16.2. The van der Waals surface area contributed by atoms with Crippen molar-refractivity contribution in [2.24, 2.45) is 0 Å². The first-order valence-electron chi connectivity index (χ1n) is 7.37. The Hall–Kier alpha value is -2.68. The zero-order chi connectivity index (χ0) is 17.2. The maximum absolute atomic E-state index is 12.2. The van der Waals surface area contributed by atoms with Crippen LogP contribution < -0.4 is 0 Å². The van der Waals surface area contributed by atoms with Crippen LogP contribution in [0.4, 0.5) is 0 Å². The van der Waals surface area contributed by atoms with E-state index in [-0.39, 0.29) is 11.5 Å². The minimum atomic E-state index is -3.79. The van der Waals surface area contributed by atoms with E-state index in [0.29, 0.717) is 5.56 Å². The second kappa shape index (κ2) is 6.44. The van der Waals surface area contributed by atoms with Gasteiger partial charge in [-0.25, -0.2) is 0 Å². The van der Waals surface area contributed by atoms with E-state index >= 15 is 0 Å². The van der Waals surface area contributed by atoms with E-state index in [1.165, 1.54) is 12.1 Å². The van der Waals surface area contributed by atoms with Gasteiger partial charge in [0.25, 0.3) is 10.1 Å². The highest BCUT2D eigenvalue weighted by Crippen LogP contribution is 2.20. The summed E-state index contributed by atoms with van der Waals surface area (Å²) in [5.74, 6) is 0. The molecule has 4 nitrogen and oxygen atoms in total. The fourth-order valence-electron chi connectivity index (χ4n) is 2.37. The SMILES string of the molecule is Cc1ccc(S(=O)(=O)OCc2ccc3ccc(C#N)cc3c2)cc1. The van der Waals surface area contributed by atoms with Gasteiger partial charge in [-0.2, -0.15) is 13.7 Å². The predicted octanol–water partition coefficient (Wildman–Crippen LogP) is 3.93. The molecule has 0 heterocycles. The van der Waals surface area contributed by atoms with Crippen molar-refractivity contribution in [3.63, 3.8) is 0 Å². The molecule has 0 saturated heterocycles. The van der Waals surface area contributed by atoms with E-state index < -0.39 is 10.1 Å². The molecule has 3 aromatic rings. The average molecular weight is 337 g/mol. The molecule has 0 saturated carbocycles. The Balaban J connectivity index is 1.82. The molecule has 0 N–H and O–H groups in total. The van der Waals surface area contributed by atoms with Crippen LogP contribution in [-0.4, -0.2) is 8.42 Å². The molecule has 0 radical (unpaired) electrons. The molecule has 5 heteroatoms. The topological polar surface area (TPSA) is 67.2 Å². The van der Waals surface area contributed by atoms with Crippen LogP contribution in [0.15, 0.2) is 65.6 Å². The van der Waals surface area contributed by atoms with Gasteiger partial charge in [-0.15, -0.1) is 0 Å². The van der Waals surface area contributed by atoms with Crippen LogP contribution in [-0.2, 0) is 20.9 Å². The van der Waals surface area contributed by atoms with Crippen molar-refractivity contribution in [2.75, 3.05) is 0 Å². The van der Waals surface area contributed by atoms with Crippen LogP contribution in [0.2, 0.25) is 0 Å². The Bertz CT molecular complexity index is 1030. The Kier molecular flexibility index (Phi) is 4.34. The first-order valence-corrected chi connectivity index (χ1v) is 8.78. The van der Waals surface area contributed by atoms with Gasteiger partial charge in [-0.1, -0.05) is 35.9 Å². The summed E-state index contributed by atoms with van der Waals surface area (Å²) in [6, 6.07) is 19.5. The summed E-state index contributed by atoms with van der Waals surface area (Å²) in [7, 11) is -3.79. The highest BCUT2D eigenvalue weighted by Gasteiger charge is 2.15. The zero-order valence-corrected chi connectivity index (χ0v) is 13.9. The fourth-order valence-corrected chi connectivity index (χ4v) is 3.27. The van der Waals surface area contributed by atoms with Gasteiger partial charge in [0, 0.05) is 0 Å². The third kappa shape index (κ3) is 3.46. The third-order valence-corrected chi connectivity index (χ3v) is 5.00. The number of rotatable bonds is 4. The number of fused-ring (bicyclic) bond motifs is 1. The molecule has 0 spiro atoms. The highest BCUT2D eigenvalue weighted by atomic mass is 32.2. The Labute approximate surface area is 141 Å². The van der Waals surface area contributed by atoms with Gasteiger partial charge < -0.3 is 0 Å². The Morgan fingerprint density at radius 3 is 2.38 bits per heavy atom. The van der Waals surface area contributed by atoms with Gasteiger partial charge in [-0.3, -0.25) is 4.18 Å². The highest BCUT2D eigenvalue weighted by molar-refractivity contribution is 7.86. The van der Waals surface area contributed by atoms with Gasteiger partial charge in [0.2, 0.25) is 0 Å². The molecular weight excluding hydrogens is 322 g/mol. The molecular formula is C19H15NO3S. The summed E-state index contributed by atoms with van der Waals surface area (Å²) < 4.78 is 29.6. The molecule has 0 bridgehead atoms. The summed E-state index contributed by atoms with van der Waals surface area (Å²) in [5.41, 5.74) is 2.28. The number of hydrogen-bond donors (Lipinski definition) is 0. The van der Waals surface area contributed by atoms with E-state index in [0.717, 1.165) is 21.9 Å². The molecule has 0 aliphatic rings. The molecule has 0 unspecified atom stereocenters. The average Bonchev–Trinajstić information content (AvgIpc) is 2.59. The number of hydrogen-bond acceptors (Lipinski definition) is 4. The largest absolute Gasteiger partial charge is 0.297 e.